The standard InChI is InChI=1S/C43H27N5/c1-4-16-28(17-5-1)37-38-34-25-13-15-27-36(34)48(42(38)47-35-26-14-12-23-32(35)31-22-10-11-24-33(31)39(37)47)43-45-40(29-18-6-2-7-19-29)44-41(46-43)30-20-8-3-9-21-30/h1-27H. The number of fused-ring (bicyclic) bond motifs is 10. The van der Waals surface area contributed by atoms with E-state index in [1.807, 2.05) is 36.4 Å². The molecule has 10 aromatic rings. The molecule has 224 valence electrons. The summed E-state index contributed by atoms with van der Waals surface area (Å²) >= 11 is 0. The number of nitrogens with zero attached hydrogens (tertiary/aromatic N) is 5. The smallest absolute Gasteiger partial charge is 0.239 e. The Morgan fingerprint density at radius 1 is 0.375 bits per heavy atom. The van der Waals surface area contributed by atoms with Gasteiger partial charge in [-0.1, -0.05) is 152 Å². The van der Waals surface area contributed by atoms with Crippen LogP contribution in [0.5, 0.6) is 0 Å². The van der Waals surface area contributed by atoms with Crippen LogP contribution in [0.1, 0.15) is 0 Å². The molecule has 4 heterocycles. The third-order valence-electron chi connectivity index (χ3n) is 9.34. The molecule has 0 amide bonds. The lowest BCUT2D eigenvalue weighted by molar-refractivity contribution is 0.942. The van der Waals surface area contributed by atoms with E-state index in [0.29, 0.717) is 17.6 Å². The molecule has 5 heteroatoms. The molecule has 0 bridgehead atoms. The van der Waals surface area contributed by atoms with Gasteiger partial charge in [0, 0.05) is 38.2 Å². The number of pyridine rings is 1. The van der Waals surface area contributed by atoms with Crippen molar-refractivity contribution in [1.82, 2.24) is 23.9 Å². The molecule has 0 fully saturated rings. The van der Waals surface area contributed by atoms with Gasteiger partial charge in [0.05, 0.1) is 16.6 Å². The van der Waals surface area contributed by atoms with E-state index in [4.69, 9.17) is 15.0 Å². The van der Waals surface area contributed by atoms with Crippen LogP contribution in [0.2, 0.25) is 0 Å². The second kappa shape index (κ2) is 10.5. The first-order chi connectivity index (χ1) is 23.8. The molecular weight excluding hydrogens is 587 g/mol. The summed E-state index contributed by atoms with van der Waals surface area (Å²) in [4.78, 5) is 15.5. The lowest BCUT2D eigenvalue weighted by atomic mass is 9.98. The number of benzene rings is 6. The summed E-state index contributed by atoms with van der Waals surface area (Å²) in [6.45, 7) is 0. The van der Waals surface area contributed by atoms with Crippen molar-refractivity contribution in [3.05, 3.63) is 164 Å². The molecule has 0 N–H and O–H groups in total. The van der Waals surface area contributed by atoms with Crippen LogP contribution in [0.4, 0.5) is 0 Å². The molecule has 10 rings (SSSR count). The summed E-state index contributed by atoms with van der Waals surface area (Å²) in [6.07, 6.45) is 0. The largest absolute Gasteiger partial charge is 0.294 e. The number of hydrogen-bond donors (Lipinski definition) is 0. The van der Waals surface area contributed by atoms with Crippen molar-refractivity contribution in [2.75, 3.05) is 0 Å². The van der Waals surface area contributed by atoms with Crippen LogP contribution in [-0.4, -0.2) is 23.9 Å². The highest BCUT2D eigenvalue weighted by molar-refractivity contribution is 6.27. The monoisotopic (exact) mass is 613 g/mol. The summed E-state index contributed by atoms with van der Waals surface area (Å²) in [5.41, 5.74) is 8.59. The molecule has 0 aliphatic carbocycles. The average molecular weight is 614 g/mol. The average Bonchev–Trinajstić information content (AvgIpc) is 3.69. The van der Waals surface area contributed by atoms with E-state index >= 15 is 0 Å². The second-order valence-electron chi connectivity index (χ2n) is 12.1. The fourth-order valence-electron chi connectivity index (χ4n) is 7.32. The number of para-hydroxylation sites is 2. The van der Waals surface area contributed by atoms with E-state index in [9.17, 15) is 0 Å². The molecule has 48 heavy (non-hydrogen) atoms. The van der Waals surface area contributed by atoms with E-state index in [-0.39, 0.29) is 0 Å². The second-order valence-corrected chi connectivity index (χ2v) is 12.1. The van der Waals surface area contributed by atoms with Gasteiger partial charge in [0.15, 0.2) is 11.6 Å². The molecule has 0 aliphatic rings. The predicted octanol–water partition coefficient (Wildman–Crippen LogP) is 10.5. The van der Waals surface area contributed by atoms with Crippen molar-refractivity contribution < 1.29 is 0 Å². The van der Waals surface area contributed by atoms with Crippen molar-refractivity contribution in [2.45, 2.75) is 0 Å². The van der Waals surface area contributed by atoms with Crippen LogP contribution in [-0.2, 0) is 0 Å². The summed E-state index contributed by atoms with van der Waals surface area (Å²) in [5, 5.41) is 5.94. The molecule has 0 radical (unpaired) electrons. The Morgan fingerprint density at radius 3 is 1.48 bits per heavy atom. The van der Waals surface area contributed by atoms with Crippen LogP contribution in [0.25, 0.3) is 89.0 Å². The minimum absolute atomic E-state index is 0.574. The molecule has 5 nitrogen and oxygen atoms in total. The molecular formula is C43H27N5. The van der Waals surface area contributed by atoms with Gasteiger partial charge in [-0.15, -0.1) is 0 Å². The van der Waals surface area contributed by atoms with Gasteiger partial charge in [0.25, 0.3) is 0 Å². The molecule has 0 spiro atoms. The van der Waals surface area contributed by atoms with E-state index in [2.05, 4.69) is 136 Å². The van der Waals surface area contributed by atoms with Gasteiger partial charge < -0.3 is 0 Å². The van der Waals surface area contributed by atoms with Gasteiger partial charge in [-0.3, -0.25) is 8.97 Å². The molecule has 0 atom stereocenters. The predicted molar refractivity (Wildman–Crippen MR) is 196 cm³/mol. The number of rotatable bonds is 4. The van der Waals surface area contributed by atoms with Crippen LogP contribution < -0.4 is 0 Å². The molecule has 0 aliphatic heterocycles. The topological polar surface area (TPSA) is 48.0 Å². The lowest BCUT2D eigenvalue weighted by Gasteiger charge is -2.14. The van der Waals surface area contributed by atoms with Crippen LogP contribution in [0.15, 0.2) is 164 Å². The fourth-order valence-corrected chi connectivity index (χ4v) is 7.32. The van der Waals surface area contributed by atoms with Crippen LogP contribution in [0, 0.1) is 0 Å². The maximum absolute atomic E-state index is 5.23. The Morgan fingerprint density at radius 2 is 0.854 bits per heavy atom. The molecule has 6 aromatic carbocycles. The zero-order valence-corrected chi connectivity index (χ0v) is 25.8. The first-order valence-corrected chi connectivity index (χ1v) is 16.1. The van der Waals surface area contributed by atoms with Crippen molar-refractivity contribution in [1.29, 1.82) is 0 Å². The minimum atomic E-state index is 0.574. The van der Waals surface area contributed by atoms with Crippen molar-refractivity contribution in [3.63, 3.8) is 0 Å². The first kappa shape index (κ1) is 26.6. The Hall–Kier alpha value is -6.59. The quantitative estimate of drug-likeness (QED) is 0.186. The third-order valence-corrected chi connectivity index (χ3v) is 9.34. The van der Waals surface area contributed by atoms with Crippen molar-refractivity contribution in [2.24, 2.45) is 0 Å². The first-order valence-electron chi connectivity index (χ1n) is 16.1. The Labute approximate surface area is 276 Å². The lowest BCUT2D eigenvalue weighted by Crippen LogP contribution is -2.07. The molecule has 0 unspecified atom stereocenters. The normalized spacial score (nSPS) is 11.8. The summed E-state index contributed by atoms with van der Waals surface area (Å²) in [5.74, 6) is 1.83. The Balaban J connectivity index is 1.46. The summed E-state index contributed by atoms with van der Waals surface area (Å²) in [6, 6.07) is 57.2. The van der Waals surface area contributed by atoms with Crippen LogP contribution >= 0.6 is 0 Å². The van der Waals surface area contributed by atoms with E-state index in [0.717, 1.165) is 33.2 Å². The maximum atomic E-state index is 5.23. The third kappa shape index (κ3) is 3.88. The highest BCUT2D eigenvalue weighted by Crippen LogP contribution is 2.46. The zero-order valence-electron chi connectivity index (χ0n) is 25.8. The summed E-state index contributed by atoms with van der Waals surface area (Å²) < 4.78 is 4.68. The molecule has 0 saturated carbocycles. The number of hydrogen-bond acceptors (Lipinski definition) is 3. The van der Waals surface area contributed by atoms with Crippen LogP contribution in [0.3, 0.4) is 0 Å². The molecule has 0 saturated heterocycles. The number of aromatic nitrogens is 5. The fraction of sp³-hybridized carbons (Fsp3) is 0. The van der Waals surface area contributed by atoms with E-state index in [1.54, 1.807) is 0 Å². The zero-order chi connectivity index (χ0) is 31.6. The minimum Gasteiger partial charge on any atom is -0.294 e. The maximum Gasteiger partial charge on any atom is 0.239 e. The van der Waals surface area contributed by atoms with Gasteiger partial charge in [-0.2, -0.15) is 9.97 Å². The SMILES string of the molecule is c1ccc(-c2nc(-c3ccccc3)nc(-n3c4ccccc4c4c(-c5ccccc5)c5c6ccccc6c6ccccc6n5c43)n2)cc1. The van der Waals surface area contributed by atoms with E-state index < -0.39 is 0 Å². The van der Waals surface area contributed by atoms with Gasteiger partial charge in [-0.05, 0) is 23.1 Å². The van der Waals surface area contributed by atoms with Gasteiger partial charge >= 0.3 is 0 Å². The summed E-state index contributed by atoms with van der Waals surface area (Å²) in [7, 11) is 0. The van der Waals surface area contributed by atoms with Gasteiger partial charge in [0.2, 0.25) is 5.95 Å². The van der Waals surface area contributed by atoms with E-state index in [1.165, 1.54) is 38.2 Å². The van der Waals surface area contributed by atoms with Gasteiger partial charge in [0.1, 0.15) is 5.65 Å². The van der Waals surface area contributed by atoms with Gasteiger partial charge in [-0.25, -0.2) is 4.98 Å². The highest BCUT2D eigenvalue weighted by Gasteiger charge is 2.27. The molecule has 4 aromatic heterocycles. The van der Waals surface area contributed by atoms with Crippen molar-refractivity contribution in [3.8, 4) is 39.9 Å². The Kier molecular flexibility index (Phi) is 5.81. The Bertz CT molecular complexity index is 2760. The highest BCUT2D eigenvalue weighted by atomic mass is 15.2. The van der Waals surface area contributed by atoms with Crippen molar-refractivity contribution >= 4 is 49.1 Å².